The molecule has 1 N–H and O–H groups in total. The molecule has 3 nitrogen and oxygen atoms in total. The summed E-state index contributed by atoms with van der Waals surface area (Å²) in [4.78, 5) is 5.34. The van der Waals surface area contributed by atoms with Crippen molar-refractivity contribution in [3.8, 4) is 0 Å². The first-order chi connectivity index (χ1) is 9.78. The van der Waals surface area contributed by atoms with Gasteiger partial charge < -0.3 is 5.32 Å². The Labute approximate surface area is 123 Å². The van der Waals surface area contributed by atoms with Gasteiger partial charge in [-0.2, -0.15) is 0 Å². The van der Waals surface area contributed by atoms with Crippen molar-refractivity contribution in [1.29, 1.82) is 0 Å². The van der Waals surface area contributed by atoms with Crippen molar-refractivity contribution in [3.63, 3.8) is 0 Å². The van der Waals surface area contributed by atoms with Gasteiger partial charge in [-0.05, 0) is 18.9 Å². The number of aryl methyl sites for hydroxylation is 1. The third-order valence-corrected chi connectivity index (χ3v) is 4.91. The molecule has 1 aromatic carbocycles. The molecular formula is C17H27N3. The summed E-state index contributed by atoms with van der Waals surface area (Å²) in [6.07, 6.45) is 1.20. The minimum Gasteiger partial charge on any atom is -0.314 e. The highest BCUT2D eigenvalue weighted by atomic mass is 15.3. The largest absolute Gasteiger partial charge is 0.314 e. The van der Waals surface area contributed by atoms with Gasteiger partial charge in [0, 0.05) is 51.4 Å². The Kier molecular flexibility index (Phi) is 4.39. The fourth-order valence-corrected chi connectivity index (χ4v) is 3.44. The Balaban J connectivity index is 1.61. The van der Waals surface area contributed by atoms with Crippen molar-refractivity contribution >= 4 is 0 Å². The van der Waals surface area contributed by atoms with Crippen molar-refractivity contribution in [1.82, 2.24) is 15.1 Å². The van der Waals surface area contributed by atoms with Crippen LogP contribution >= 0.6 is 0 Å². The highest BCUT2D eigenvalue weighted by Gasteiger charge is 2.29. The predicted molar refractivity (Wildman–Crippen MR) is 84.0 cm³/mol. The molecule has 0 aromatic heterocycles. The molecule has 0 bridgehead atoms. The normalized spacial score (nSPS) is 23.5. The van der Waals surface area contributed by atoms with Crippen LogP contribution in [0.25, 0.3) is 0 Å². The summed E-state index contributed by atoms with van der Waals surface area (Å²) >= 11 is 0. The van der Waals surface area contributed by atoms with Gasteiger partial charge in [0.25, 0.3) is 0 Å². The third-order valence-electron chi connectivity index (χ3n) is 4.91. The summed E-state index contributed by atoms with van der Waals surface area (Å²) in [5, 5.41) is 3.38. The zero-order valence-electron chi connectivity index (χ0n) is 12.8. The predicted octanol–water partition coefficient (Wildman–Crippen LogP) is 2.04. The van der Waals surface area contributed by atoms with Gasteiger partial charge in [-0.1, -0.05) is 36.8 Å². The fourth-order valence-electron chi connectivity index (χ4n) is 3.44. The second kappa shape index (κ2) is 6.25. The summed E-state index contributed by atoms with van der Waals surface area (Å²) in [6, 6.07) is 10.5. The molecule has 20 heavy (non-hydrogen) atoms. The summed E-state index contributed by atoms with van der Waals surface area (Å²) in [5.41, 5.74) is 2.84. The van der Waals surface area contributed by atoms with E-state index in [1.165, 1.54) is 56.8 Å². The summed E-state index contributed by atoms with van der Waals surface area (Å²) in [7, 11) is 0. The number of benzene rings is 1. The lowest BCUT2D eigenvalue weighted by molar-refractivity contribution is 0.0502. The topological polar surface area (TPSA) is 18.5 Å². The third kappa shape index (κ3) is 2.90. The minimum atomic E-state index is 0.595. The molecule has 1 aromatic rings. The van der Waals surface area contributed by atoms with E-state index in [-0.39, 0.29) is 0 Å². The molecule has 0 saturated carbocycles. The van der Waals surface area contributed by atoms with Crippen LogP contribution in [-0.2, 0) is 0 Å². The van der Waals surface area contributed by atoms with Gasteiger partial charge in [0.2, 0.25) is 0 Å². The smallest absolute Gasteiger partial charge is 0.0346 e. The first-order valence-corrected chi connectivity index (χ1v) is 8.03. The fraction of sp³-hybridized carbons (Fsp3) is 0.647. The molecule has 0 spiro atoms. The maximum atomic E-state index is 3.38. The molecule has 2 aliphatic heterocycles. The van der Waals surface area contributed by atoms with Crippen LogP contribution in [0.4, 0.5) is 0 Å². The molecule has 3 rings (SSSR count). The van der Waals surface area contributed by atoms with Crippen LogP contribution in [0.3, 0.4) is 0 Å². The number of rotatable bonds is 4. The molecule has 0 amide bonds. The molecule has 3 heteroatoms. The maximum Gasteiger partial charge on any atom is 0.0346 e. The van der Waals surface area contributed by atoms with Crippen LogP contribution in [-0.4, -0.2) is 55.1 Å². The first-order valence-electron chi connectivity index (χ1n) is 8.03. The molecule has 2 fully saturated rings. The highest BCUT2D eigenvalue weighted by Crippen LogP contribution is 2.26. The van der Waals surface area contributed by atoms with Gasteiger partial charge in [0.1, 0.15) is 0 Å². The first kappa shape index (κ1) is 14.1. The van der Waals surface area contributed by atoms with E-state index in [0.29, 0.717) is 6.04 Å². The van der Waals surface area contributed by atoms with Gasteiger partial charge in [0.15, 0.2) is 0 Å². The summed E-state index contributed by atoms with van der Waals surface area (Å²) in [5.74, 6) is 0. The van der Waals surface area contributed by atoms with Crippen LogP contribution in [0.1, 0.15) is 30.5 Å². The number of hydrogen-bond donors (Lipinski definition) is 1. The van der Waals surface area contributed by atoms with Crippen LogP contribution < -0.4 is 5.32 Å². The van der Waals surface area contributed by atoms with E-state index < -0.39 is 0 Å². The van der Waals surface area contributed by atoms with E-state index in [2.05, 4.69) is 53.2 Å². The lowest BCUT2D eigenvalue weighted by atomic mass is 10.00. The van der Waals surface area contributed by atoms with Gasteiger partial charge >= 0.3 is 0 Å². The lowest BCUT2D eigenvalue weighted by Gasteiger charge is -2.45. The average Bonchev–Trinajstić information content (AvgIpc) is 2.42. The molecule has 2 heterocycles. The minimum absolute atomic E-state index is 0.595. The zero-order valence-corrected chi connectivity index (χ0v) is 12.8. The molecular weight excluding hydrogens is 246 g/mol. The summed E-state index contributed by atoms with van der Waals surface area (Å²) in [6.45, 7) is 11.7. The van der Waals surface area contributed by atoms with E-state index in [0.717, 1.165) is 6.04 Å². The number of hydrogen-bond acceptors (Lipinski definition) is 3. The standard InChI is InChI=1S/C17H27N3/c1-3-17(15-6-4-14(2)5-7-15)20-10-8-19(9-11-20)16-12-18-13-16/h4-7,16-18H,3,8-13H2,1-2H3. The number of piperazine rings is 1. The van der Waals surface area contributed by atoms with Crippen molar-refractivity contribution in [2.45, 2.75) is 32.4 Å². The second-order valence-electron chi connectivity index (χ2n) is 6.22. The van der Waals surface area contributed by atoms with Crippen LogP contribution in [0.15, 0.2) is 24.3 Å². The summed E-state index contributed by atoms with van der Waals surface area (Å²) < 4.78 is 0. The Morgan fingerprint density at radius 1 is 1.10 bits per heavy atom. The Bertz CT molecular complexity index is 416. The molecule has 1 atom stereocenters. The van der Waals surface area contributed by atoms with Crippen LogP contribution in [0.2, 0.25) is 0 Å². The van der Waals surface area contributed by atoms with Gasteiger partial charge in [-0.25, -0.2) is 0 Å². The van der Waals surface area contributed by atoms with E-state index in [4.69, 9.17) is 0 Å². The lowest BCUT2D eigenvalue weighted by Crippen LogP contribution is -2.61. The van der Waals surface area contributed by atoms with E-state index in [9.17, 15) is 0 Å². The van der Waals surface area contributed by atoms with E-state index in [1.54, 1.807) is 0 Å². The van der Waals surface area contributed by atoms with Crippen LogP contribution in [0, 0.1) is 6.92 Å². The van der Waals surface area contributed by atoms with Crippen LogP contribution in [0.5, 0.6) is 0 Å². The molecule has 0 aliphatic carbocycles. The maximum absolute atomic E-state index is 3.38. The van der Waals surface area contributed by atoms with Gasteiger partial charge in [-0.15, -0.1) is 0 Å². The van der Waals surface area contributed by atoms with Crippen molar-refractivity contribution in [2.75, 3.05) is 39.3 Å². The SMILES string of the molecule is CCC(c1ccc(C)cc1)N1CCN(C2CNC2)CC1. The highest BCUT2D eigenvalue weighted by molar-refractivity contribution is 5.24. The van der Waals surface area contributed by atoms with Gasteiger partial charge in [-0.3, -0.25) is 9.80 Å². The molecule has 2 saturated heterocycles. The quantitative estimate of drug-likeness (QED) is 0.905. The molecule has 1 unspecified atom stereocenters. The average molecular weight is 273 g/mol. The van der Waals surface area contributed by atoms with Crippen molar-refractivity contribution < 1.29 is 0 Å². The Hall–Kier alpha value is -0.900. The number of nitrogens with zero attached hydrogens (tertiary/aromatic N) is 2. The molecule has 2 aliphatic rings. The monoisotopic (exact) mass is 273 g/mol. The van der Waals surface area contributed by atoms with E-state index in [1.807, 2.05) is 0 Å². The Morgan fingerprint density at radius 2 is 1.75 bits per heavy atom. The zero-order chi connectivity index (χ0) is 13.9. The Morgan fingerprint density at radius 3 is 2.25 bits per heavy atom. The van der Waals surface area contributed by atoms with Crippen molar-refractivity contribution in [3.05, 3.63) is 35.4 Å². The van der Waals surface area contributed by atoms with Gasteiger partial charge in [0.05, 0.1) is 0 Å². The molecule has 0 radical (unpaired) electrons. The molecule has 110 valence electrons. The number of nitrogens with one attached hydrogen (secondary N) is 1. The van der Waals surface area contributed by atoms with Crippen molar-refractivity contribution in [2.24, 2.45) is 0 Å². The van der Waals surface area contributed by atoms with E-state index >= 15 is 0 Å². The second-order valence-corrected chi connectivity index (χ2v) is 6.22.